The number of carboxylic acids is 1. The van der Waals surface area contributed by atoms with Crippen molar-refractivity contribution in [1.82, 2.24) is 5.32 Å². The number of carboxylic acid groups (broad SMARTS) is 1. The van der Waals surface area contributed by atoms with Crippen LogP contribution in [0, 0.1) is 6.92 Å². The van der Waals surface area contributed by atoms with E-state index in [1.54, 1.807) is 19.1 Å². The molecule has 2 rings (SSSR count). The normalized spacial score (nSPS) is 12.3. The fraction of sp³-hybridized carbons (Fsp3) is 0.286. The summed E-state index contributed by atoms with van der Waals surface area (Å²) in [6.07, 6.45) is 0.320. The van der Waals surface area contributed by atoms with Gasteiger partial charge in [0, 0.05) is 5.39 Å². The third kappa shape index (κ3) is 2.76. The van der Waals surface area contributed by atoms with Gasteiger partial charge in [0.15, 0.2) is 5.76 Å². The molecule has 1 atom stereocenters. The highest BCUT2D eigenvalue weighted by Gasteiger charge is 2.20. The summed E-state index contributed by atoms with van der Waals surface area (Å²) in [4.78, 5) is 22.8. The second kappa shape index (κ2) is 5.14. The van der Waals surface area contributed by atoms with Crippen molar-refractivity contribution in [2.45, 2.75) is 26.3 Å². The highest BCUT2D eigenvalue weighted by Crippen LogP contribution is 2.20. The van der Waals surface area contributed by atoms with E-state index in [1.807, 2.05) is 19.1 Å². The van der Waals surface area contributed by atoms with E-state index in [9.17, 15) is 9.59 Å². The van der Waals surface area contributed by atoms with Gasteiger partial charge in [-0.2, -0.15) is 0 Å². The predicted molar refractivity (Wildman–Crippen MR) is 70.1 cm³/mol. The minimum absolute atomic E-state index is 0.125. The lowest BCUT2D eigenvalue weighted by molar-refractivity contribution is -0.139. The summed E-state index contributed by atoms with van der Waals surface area (Å²) in [7, 11) is 0. The smallest absolute Gasteiger partial charge is 0.326 e. The Morgan fingerprint density at radius 1 is 1.37 bits per heavy atom. The Bertz CT molecular complexity index is 629. The molecule has 0 saturated carbocycles. The van der Waals surface area contributed by atoms with Gasteiger partial charge in [0.25, 0.3) is 5.91 Å². The molecule has 1 aromatic carbocycles. The van der Waals surface area contributed by atoms with Gasteiger partial charge in [0.2, 0.25) is 0 Å². The second-order valence-corrected chi connectivity index (χ2v) is 4.42. The van der Waals surface area contributed by atoms with E-state index in [0.29, 0.717) is 12.0 Å². The van der Waals surface area contributed by atoms with Crippen LogP contribution >= 0.6 is 0 Å². The number of amides is 1. The number of benzene rings is 1. The summed E-state index contributed by atoms with van der Waals surface area (Å²) in [5.74, 6) is -1.44. The van der Waals surface area contributed by atoms with Crippen LogP contribution in [0.15, 0.2) is 28.7 Å². The van der Waals surface area contributed by atoms with E-state index in [-0.39, 0.29) is 5.76 Å². The summed E-state index contributed by atoms with van der Waals surface area (Å²) >= 11 is 0. The lowest BCUT2D eigenvalue weighted by atomic mass is 10.2. The standard InChI is InChI=1S/C14H15NO4/c1-3-10(14(17)18)15-13(16)12-7-9-6-8(2)4-5-11(9)19-12/h4-7,10H,3H2,1-2H3,(H,15,16)(H,17,18). The van der Waals surface area contributed by atoms with Crippen molar-refractivity contribution in [3.8, 4) is 0 Å². The molecule has 0 spiro atoms. The average Bonchev–Trinajstić information content (AvgIpc) is 2.78. The lowest BCUT2D eigenvalue weighted by Crippen LogP contribution is -2.40. The predicted octanol–water partition coefficient (Wildman–Crippen LogP) is 2.33. The van der Waals surface area contributed by atoms with Gasteiger partial charge in [-0.15, -0.1) is 0 Å². The molecule has 5 heteroatoms. The first-order chi connectivity index (χ1) is 9.01. The molecule has 0 fully saturated rings. The van der Waals surface area contributed by atoms with E-state index in [1.165, 1.54) is 0 Å². The van der Waals surface area contributed by atoms with Crippen molar-refractivity contribution < 1.29 is 19.1 Å². The Morgan fingerprint density at radius 3 is 2.74 bits per heavy atom. The second-order valence-electron chi connectivity index (χ2n) is 4.42. The highest BCUT2D eigenvalue weighted by atomic mass is 16.4. The lowest BCUT2D eigenvalue weighted by Gasteiger charge is -2.10. The number of carbonyl (C=O) groups is 2. The zero-order valence-electron chi connectivity index (χ0n) is 10.8. The maximum absolute atomic E-state index is 11.9. The minimum atomic E-state index is -1.05. The van der Waals surface area contributed by atoms with Gasteiger partial charge < -0.3 is 14.8 Å². The molecule has 0 aliphatic heterocycles. The van der Waals surface area contributed by atoms with Gasteiger partial charge in [0.05, 0.1) is 0 Å². The summed E-state index contributed by atoms with van der Waals surface area (Å²) in [5, 5.41) is 12.2. The van der Waals surface area contributed by atoms with Gasteiger partial charge in [-0.25, -0.2) is 4.79 Å². The SMILES string of the molecule is CCC(NC(=O)c1cc2cc(C)ccc2o1)C(=O)O. The van der Waals surface area contributed by atoms with Crippen LogP contribution in [-0.4, -0.2) is 23.0 Å². The molecule has 1 amide bonds. The van der Waals surface area contributed by atoms with Crippen LogP contribution in [0.2, 0.25) is 0 Å². The number of carbonyl (C=O) groups excluding carboxylic acids is 1. The fourth-order valence-electron chi connectivity index (χ4n) is 1.84. The molecule has 0 radical (unpaired) electrons. The number of fused-ring (bicyclic) bond motifs is 1. The number of nitrogens with one attached hydrogen (secondary N) is 1. The van der Waals surface area contributed by atoms with E-state index in [4.69, 9.17) is 9.52 Å². The van der Waals surface area contributed by atoms with Crippen LogP contribution in [0.4, 0.5) is 0 Å². The quantitative estimate of drug-likeness (QED) is 0.885. The third-order valence-corrected chi connectivity index (χ3v) is 2.91. The minimum Gasteiger partial charge on any atom is -0.480 e. The van der Waals surface area contributed by atoms with Crippen molar-refractivity contribution in [3.05, 3.63) is 35.6 Å². The molecule has 5 nitrogen and oxygen atoms in total. The maximum atomic E-state index is 11.9. The number of furan rings is 1. The monoisotopic (exact) mass is 261 g/mol. The number of hydrogen-bond acceptors (Lipinski definition) is 3. The van der Waals surface area contributed by atoms with Crippen LogP contribution < -0.4 is 5.32 Å². The van der Waals surface area contributed by atoms with Crippen LogP contribution in [0.25, 0.3) is 11.0 Å². The summed E-state index contributed by atoms with van der Waals surface area (Å²) in [6, 6.07) is 6.30. The molecule has 0 aliphatic rings. The first kappa shape index (κ1) is 13.1. The van der Waals surface area contributed by atoms with E-state index in [2.05, 4.69) is 5.32 Å². The molecular formula is C14H15NO4. The van der Waals surface area contributed by atoms with Crippen molar-refractivity contribution in [2.75, 3.05) is 0 Å². The summed E-state index contributed by atoms with van der Waals surface area (Å²) in [6.45, 7) is 3.64. The number of aryl methyl sites for hydroxylation is 1. The molecule has 2 N–H and O–H groups in total. The van der Waals surface area contributed by atoms with Crippen LogP contribution in [-0.2, 0) is 4.79 Å². The zero-order chi connectivity index (χ0) is 14.0. The molecular weight excluding hydrogens is 246 g/mol. The van der Waals surface area contributed by atoms with Crippen molar-refractivity contribution in [2.24, 2.45) is 0 Å². The molecule has 1 heterocycles. The van der Waals surface area contributed by atoms with Crippen LogP contribution in [0.1, 0.15) is 29.5 Å². The molecule has 1 aromatic heterocycles. The summed E-state index contributed by atoms with van der Waals surface area (Å²) in [5.41, 5.74) is 1.68. The highest BCUT2D eigenvalue weighted by molar-refractivity contribution is 5.97. The van der Waals surface area contributed by atoms with Gasteiger partial charge in [-0.1, -0.05) is 18.6 Å². The molecule has 100 valence electrons. The average molecular weight is 261 g/mol. The Balaban J connectivity index is 2.24. The van der Waals surface area contributed by atoms with Crippen molar-refractivity contribution in [1.29, 1.82) is 0 Å². The Hall–Kier alpha value is -2.30. The van der Waals surface area contributed by atoms with Gasteiger partial charge in [-0.05, 0) is 31.5 Å². The summed E-state index contributed by atoms with van der Waals surface area (Å²) < 4.78 is 5.40. The van der Waals surface area contributed by atoms with E-state index < -0.39 is 17.9 Å². The van der Waals surface area contributed by atoms with Crippen molar-refractivity contribution in [3.63, 3.8) is 0 Å². The number of rotatable bonds is 4. The van der Waals surface area contributed by atoms with Gasteiger partial charge in [-0.3, -0.25) is 4.79 Å². The fourth-order valence-corrected chi connectivity index (χ4v) is 1.84. The van der Waals surface area contributed by atoms with E-state index in [0.717, 1.165) is 10.9 Å². The topological polar surface area (TPSA) is 79.5 Å². The molecule has 0 bridgehead atoms. The Morgan fingerprint density at radius 2 is 2.11 bits per heavy atom. The Kier molecular flexibility index (Phi) is 3.55. The zero-order valence-corrected chi connectivity index (χ0v) is 10.8. The van der Waals surface area contributed by atoms with Gasteiger partial charge >= 0.3 is 5.97 Å². The van der Waals surface area contributed by atoms with Gasteiger partial charge in [0.1, 0.15) is 11.6 Å². The largest absolute Gasteiger partial charge is 0.480 e. The van der Waals surface area contributed by atoms with E-state index >= 15 is 0 Å². The molecule has 1 unspecified atom stereocenters. The number of aliphatic carboxylic acids is 1. The van der Waals surface area contributed by atoms with Crippen molar-refractivity contribution >= 4 is 22.8 Å². The molecule has 0 saturated heterocycles. The first-order valence-electron chi connectivity index (χ1n) is 6.05. The first-order valence-corrected chi connectivity index (χ1v) is 6.05. The van der Waals surface area contributed by atoms with Crippen LogP contribution in [0.3, 0.4) is 0 Å². The van der Waals surface area contributed by atoms with Crippen LogP contribution in [0.5, 0.6) is 0 Å². The molecule has 2 aromatic rings. The Labute approximate surface area is 110 Å². The molecule has 19 heavy (non-hydrogen) atoms. The third-order valence-electron chi connectivity index (χ3n) is 2.91. The number of hydrogen-bond donors (Lipinski definition) is 2. The molecule has 0 aliphatic carbocycles. The maximum Gasteiger partial charge on any atom is 0.326 e.